The Bertz CT molecular complexity index is 655. The Hall–Kier alpha value is -2.28. The van der Waals surface area contributed by atoms with Crippen molar-refractivity contribution in [2.24, 2.45) is 0 Å². The molecule has 2 heterocycles. The van der Waals surface area contributed by atoms with Crippen molar-refractivity contribution in [1.82, 2.24) is 9.13 Å². The third kappa shape index (κ3) is 2.76. The maximum atomic E-state index is 12.2. The molecule has 0 aliphatic carbocycles. The van der Waals surface area contributed by atoms with Gasteiger partial charge in [-0.05, 0) is 12.1 Å². The van der Waals surface area contributed by atoms with Crippen LogP contribution in [0.4, 0.5) is 5.82 Å². The van der Waals surface area contributed by atoms with Crippen LogP contribution < -0.4 is 17.0 Å². The first-order valence-electron chi connectivity index (χ1n) is 5.75. The summed E-state index contributed by atoms with van der Waals surface area (Å²) in [5.41, 5.74) is 4.80. The van der Waals surface area contributed by atoms with Crippen molar-refractivity contribution in [3.8, 4) is 0 Å². The predicted molar refractivity (Wildman–Crippen MR) is 69.1 cm³/mol. The number of nitrogens with two attached hydrogens (primary N) is 1. The highest BCUT2D eigenvalue weighted by atomic mass is 16.5. The Morgan fingerprint density at radius 1 is 1.37 bits per heavy atom. The number of anilines is 1. The minimum absolute atomic E-state index is 0.111. The van der Waals surface area contributed by atoms with Gasteiger partial charge in [0.15, 0.2) is 0 Å². The molecule has 0 aromatic carbocycles. The number of ether oxygens (including phenoxy) is 1. The van der Waals surface area contributed by atoms with Crippen LogP contribution in [0.3, 0.4) is 0 Å². The number of nitrogen functional groups attached to an aromatic ring is 1. The maximum absolute atomic E-state index is 12.2. The lowest BCUT2D eigenvalue weighted by Gasteiger charge is -2.11. The Morgan fingerprint density at radius 3 is 2.79 bits per heavy atom. The van der Waals surface area contributed by atoms with Crippen LogP contribution in [0.2, 0.25) is 0 Å². The van der Waals surface area contributed by atoms with Crippen LogP contribution >= 0.6 is 0 Å². The summed E-state index contributed by atoms with van der Waals surface area (Å²) in [6.45, 7) is 0.650. The first-order valence-corrected chi connectivity index (χ1v) is 5.75. The van der Waals surface area contributed by atoms with Crippen molar-refractivity contribution in [3.63, 3.8) is 0 Å². The van der Waals surface area contributed by atoms with E-state index in [0.717, 1.165) is 4.57 Å². The lowest BCUT2D eigenvalue weighted by atomic mass is 10.4. The van der Waals surface area contributed by atoms with Gasteiger partial charge < -0.3 is 14.9 Å². The van der Waals surface area contributed by atoms with Crippen molar-refractivity contribution < 1.29 is 9.15 Å². The number of methoxy groups -OCH3 is 1. The van der Waals surface area contributed by atoms with Crippen LogP contribution in [-0.2, 0) is 17.8 Å². The third-order valence-corrected chi connectivity index (χ3v) is 2.72. The van der Waals surface area contributed by atoms with E-state index in [0.29, 0.717) is 5.76 Å². The molecule has 0 atom stereocenters. The van der Waals surface area contributed by atoms with Crippen LogP contribution in [0.5, 0.6) is 0 Å². The van der Waals surface area contributed by atoms with E-state index in [-0.39, 0.29) is 25.5 Å². The normalized spacial score (nSPS) is 10.8. The molecule has 2 rings (SSSR count). The molecule has 0 unspecified atom stereocenters. The van der Waals surface area contributed by atoms with Crippen LogP contribution in [-0.4, -0.2) is 22.9 Å². The van der Waals surface area contributed by atoms with Crippen LogP contribution in [0.25, 0.3) is 0 Å². The molecule has 0 bridgehead atoms. The van der Waals surface area contributed by atoms with Gasteiger partial charge >= 0.3 is 5.69 Å². The van der Waals surface area contributed by atoms with Gasteiger partial charge in [0.05, 0.1) is 26.0 Å². The molecule has 0 aliphatic heterocycles. The molecule has 19 heavy (non-hydrogen) atoms. The highest BCUT2D eigenvalue weighted by molar-refractivity contribution is 5.27. The molecular formula is C12H15N3O4. The molecule has 0 radical (unpaired) electrons. The van der Waals surface area contributed by atoms with Gasteiger partial charge in [0.25, 0.3) is 5.56 Å². The minimum Gasteiger partial charge on any atom is -0.467 e. The molecule has 2 aromatic heterocycles. The second-order valence-corrected chi connectivity index (χ2v) is 4.00. The molecule has 7 nitrogen and oxygen atoms in total. The van der Waals surface area contributed by atoms with Gasteiger partial charge in [-0.2, -0.15) is 0 Å². The monoisotopic (exact) mass is 265 g/mol. The molecule has 0 saturated carbocycles. The number of rotatable bonds is 5. The molecule has 0 saturated heterocycles. The maximum Gasteiger partial charge on any atom is 0.333 e. The summed E-state index contributed by atoms with van der Waals surface area (Å²) in [7, 11) is 1.50. The molecule has 0 aliphatic rings. The van der Waals surface area contributed by atoms with Gasteiger partial charge in [0.2, 0.25) is 0 Å². The largest absolute Gasteiger partial charge is 0.467 e. The van der Waals surface area contributed by atoms with E-state index >= 15 is 0 Å². The fourth-order valence-corrected chi connectivity index (χ4v) is 1.74. The SMILES string of the molecule is COCCn1c(=O)cc(N)n(Cc2ccco2)c1=O. The van der Waals surface area contributed by atoms with Crippen molar-refractivity contribution in [1.29, 1.82) is 0 Å². The molecule has 0 amide bonds. The Balaban J connectivity index is 2.43. The number of hydrogen-bond acceptors (Lipinski definition) is 5. The summed E-state index contributed by atoms with van der Waals surface area (Å²) in [4.78, 5) is 23.9. The smallest absolute Gasteiger partial charge is 0.333 e. The Morgan fingerprint density at radius 2 is 2.16 bits per heavy atom. The molecule has 2 N–H and O–H groups in total. The van der Waals surface area contributed by atoms with Crippen LogP contribution in [0, 0.1) is 0 Å². The summed E-state index contributed by atoms with van der Waals surface area (Å²) in [5.74, 6) is 0.700. The minimum atomic E-state index is -0.474. The van der Waals surface area contributed by atoms with Gasteiger partial charge in [-0.25, -0.2) is 4.79 Å². The highest BCUT2D eigenvalue weighted by Gasteiger charge is 2.10. The van der Waals surface area contributed by atoms with Crippen molar-refractivity contribution >= 4 is 5.82 Å². The van der Waals surface area contributed by atoms with Gasteiger partial charge in [-0.1, -0.05) is 0 Å². The molecular weight excluding hydrogens is 250 g/mol. The topological polar surface area (TPSA) is 92.4 Å². The summed E-state index contributed by atoms with van der Waals surface area (Å²) in [5, 5.41) is 0. The zero-order valence-electron chi connectivity index (χ0n) is 10.5. The molecule has 0 fully saturated rings. The fourth-order valence-electron chi connectivity index (χ4n) is 1.74. The summed E-state index contributed by atoms with van der Waals surface area (Å²) in [6, 6.07) is 4.67. The zero-order chi connectivity index (χ0) is 13.8. The van der Waals surface area contributed by atoms with Crippen molar-refractivity contribution in [3.05, 3.63) is 51.1 Å². The van der Waals surface area contributed by atoms with Gasteiger partial charge in [-0.3, -0.25) is 13.9 Å². The van der Waals surface area contributed by atoms with E-state index in [1.165, 1.54) is 24.0 Å². The van der Waals surface area contributed by atoms with E-state index in [9.17, 15) is 9.59 Å². The average Bonchev–Trinajstić information content (AvgIpc) is 2.87. The van der Waals surface area contributed by atoms with E-state index in [4.69, 9.17) is 14.9 Å². The predicted octanol–water partition coefficient (Wildman–Crippen LogP) is -0.120. The number of nitrogens with zero attached hydrogens (tertiary/aromatic N) is 2. The molecule has 2 aromatic rings. The lowest BCUT2D eigenvalue weighted by molar-refractivity contribution is 0.184. The first kappa shape index (κ1) is 13.2. The Kier molecular flexibility index (Phi) is 3.86. The number of hydrogen-bond donors (Lipinski definition) is 1. The van der Waals surface area contributed by atoms with Gasteiger partial charge in [0.1, 0.15) is 11.6 Å². The van der Waals surface area contributed by atoms with Crippen LogP contribution in [0.1, 0.15) is 5.76 Å². The lowest BCUT2D eigenvalue weighted by Crippen LogP contribution is -2.41. The second-order valence-electron chi connectivity index (χ2n) is 4.00. The number of aromatic nitrogens is 2. The van der Waals surface area contributed by atoms with Crippen LogP contribution in [0.15, 0.2) is 38.5 Å². The molecule has 102 valence electrons. The highest BCUT2D eigenvalue weighted by Crippen LogP contribution is 2.04. The third-order valence-electron chi connectivity index (χ3n) is 2.72. The number of furan rings is 1. The molecule has 0 spiro atoms. The second kappa shape index (κ2) is 5.57. The quantitative estimate of drug-likeness (QED) is 0.813. The van der Waals surface area contributed by atoms with Gasteiger partial charge in [-0.15, -0.1) is 0 Å². The van der Waals surface area contributed by atoms with Gasteiger partial charge in [0, 0.05) is 13.2 Å². The van der Waals surface area contributed by atoms with Crippen molar-refractivity contribution in [2.45, 2.75) is 13.1 Å². The molecule has 7 heteroatoms. The summed E-state index contributed by atoms with van der Waals surface area (Å²) < 4.78 is 12.4. The first-order chi connectivity index (χ1) is 9.13. The fraction of sp³-hybridized carbons (Fsp3) is 0.333. The van der Waals surface area contributed by atoms with Crippen molar-refractivity contribution in [2.75, 3.05) is 19.5 Å². The van der Waals surface area contributed by atoms with E-state index in [2.05, 4.69) is 0 Å². The van der Waals surface area contributed by atoms with E-state index in [1.54, 1.807) is 12.1 Å². The summed E-state index contributed by atoms with van der Waals surface area (Å²) >= 11 is 0. The Labute approximate surface area is 108 Å². The average molecular weight is 265 g/mol. The zero-order valence-corrected chi connectivity index (χ0v) is 10.5. The summed E-state index contributed by atoms with van der Waals surface area (Å²) in [6.07, 6.45) is 1.51. The van der Waals surface area contributed by atoms with E-state index in [1.807, 2.05) is 0 Å². The van der Waals surface area contributed by atoms with E-state index < -0.39 is 11.2 Å². The standard InChI is InChI=1S/C12H15N3O4/c1-18-6-4-14-11(16)7-10(13)15(12(14)17)8-9-3-2-5-19-9/h2-3,5,7H,4,6,8,13H2,1H3.